The minimum Gasteiger partial charge on any atom is -0.484 e. The maximum Gasteiger partial charge on any atom is 0.422 e. The average Bonchev–Trinajstić information content (AvgIpc) is 2.91. The maximum atomic E-state index is 12.0. The first-order chi connectivity index (χ1) is 10.5. The van der Waals surface area contributed by atoms with Crippen LogP contribution in [0.25, 0.3) is 0 Å². The van der Waals surface area contributed by atoms with Crippen molar-refractivity contribution in [3.8, 4) is 5.75 Å². The number of rotatable bonds is 7. The summed E-state index contributed by atoms with van der Waals surface area (Å²) in [7, 11) is 0. The van der Waals surface area contributed by atoms with Gasteiger partial charge in [0.05, 0.1) is 25.0 Å². The molecule has 1 aromatic carbocycles. The van der Waals surface area contributed by atoms with Gasteiger partial charge in [0.25, 0.3) is 0 Å². The van der Waals surface area contributed by atoms with Crippen molar-refractivity contribution >= 4 is 5.69 Å². The summed E-state index contributed by atoms with van der Waals surface area (Å²) in [5, 5.41) is 16.0. The second kappa shape index (κ2) is 7.17. The molecule has 0 aliphatic heterocycles. The molecule has 0 amide bonds. The molecule has 5 nitrogen and oxygen atoms in total. The molecule has 1 aromatic heterocycles. The minimum atomic E-state index is -4.34. The molecule has 0 fully saturated rings. The van der Waals surface area contributed by atoms with E-state index >= 15 is 0 Å². The predicted molar refractivity (Wildman–Crippen MR) is 74.6 cm³/mol. The average molecular weight is 315 g/mol. The highest BCUT2D eigenvalue weighted by Crippen LogP contribution is 2.19. The monoisotopic (exact) mass is 315 g/mol. The normalized spacial score (nSPS) is 11.5. The van der Waals surface area contributed by atoms with Crippen LogP contribution < -0.4 is 10.1 Å². The fraction of sp³-hybridized carbons (Fsp3) is 0.357. The second-order valence-electron chi connectivity index (χ2n) is 4.62. The molecule has 0 saturated heterocycles. The van der Waals surface area contributed by atoms with Crippen molar-refractivity contribution in [2.45, 2.75) is 19.3 Å². The summed E-state index contributed by atoms with van der Waals surface area (Å²) in [6.45, 7) is -0.355. The minimum absolute atomic E-state index is 0.0144. The molecular formula is C14H16F3N3O2. The zero-order valence-electron chi connectivity index (χ0n) is 11.7. The lowest BCUT2D eigenvalue weighted by Crippen LogP contribution is -2.19. The van der Waals surface area contributed by atoms with Gasteiger partial charge in [-0.3, -0.25) is 4.68 Å². The predicted octanol–water partition coefficient (Wildman–Crippen LogP) is 2.43. The first-order valence-corrected chi connectivity index (χ1v) is 6.62. The highest BCUT2D eigenvalue weighted by molar-refractivity contribution is 5.39. The van der Waals surface area contributed by atoms with Crippen LogP contribution >= 0.6 is 0 Å². The Hall–Kier alpha value is -2.22. The van der Waals surface area contributed by atoms with Crippen LogP contribution in [0.5, 0.6) is 5.75 Å². The van der Waals surface area contributed by atoms with E-state index < -0.39 is 12.8 Å². The van der Waals surface area contributed by atoms with E-state index in [0.717, 1.165) is 11.3 Å². The van der Waals surface area contributed by atoms with Crippen molar-refractivity contribution in [1.82, 2.24) is 9.78 Å². The smallest absolute Gasteiger partial charge is 0.422 e. The van der Waals surface area contributed by atoms with Gasteiger partial charge in [-0.1, -0.05) is 12.1 Å². The number of aromatic nitrogens is 2. The first kappa shape index (κ1) is 16.2. The molecule has 0 saturated carbocycles. The van der Waals surface area contributed by atoms with Gasteiger partial charge in [-0.25, -0.2) is 0 Å². The van der Waals surface area contributed by atoms with Gasteiger partial charge in [0, 0.05) is 12.7 Å². The lowest BCUT2D eigenvalue weighted by Gasteiger charge is -2.10. The molecule has 0 aliphatic carbocycles. The highest BCUT2D eigenvalue weighted by atomic mass is 19.4. The van der Waals surface area contributed by atoms with Gasteiger partial charge in [0.15, 0.2) is 6.61 Å². The maximum absolute atomic E-state index is 12.0. The molecule has 0 unspecified atom stereocenters. The molecule has 120 valence electrons. The van der Waals surface area contributed by atoms with Crippen LogP contribution in [-0.4, -0.2) is 34.3 Å². The standard InChI is InChI=1S/C14H16F3N3O2/c15-14(16,17)10-22-13-3-1-11(2-4-13)7-18-12-8-19-20(9-12)5-6-21/h1-4,8-9,18,21H,5-7,10H2. The third kappa shape index (κ3) is 5.28. The molecule has 1 heterocycles. The van der Waals surface area contributed by atoms with Crippen LogP contribution in [0, 0.1) is 0 Å². The summed E-state index contributed by atoms with van der Waals surface area (Å²) < 4.78 is 42.3. The number of alkyl halides is 3. The first-order valence-electron chi connectivity index (χ1n) is 6.62. The van der Waals surface area contributed by atoms with Gasteiger partial charge in [-0.15, -0.1) is 0 Å². The number of anilines is 1. The Morgan fingerprint density at radius 3 is 2.59 bits per heavy atom. The molecule has 2 N–H and O–H groups in total. The van der Waals surface area contributed by atoms with E-state index in [0.29, 0.717) is 13.1 Å². The van der Waals surface area contributed by atoms with E-state index in [1.165, 1.54) is 12.1 Å². The van der Waals surface area contributed by atoms with Crippen molar-refractivity contribution in [3.63, 3.8) is 0 Å². The largest absolute Gasteiger partial charge is 0.484 e. The summed E-state index contributed by atoms with van der Waals surface area (Å²) >= 11 is 0. The third-order valence-corrected chi connectivity index (χ3v) is 2.78. The Kier molecular flexibility index (Phi) is 5.26. The Bertz CT molecular complexity index is 582. The van der Waals surface area contributed by atoms with Crippen LogP contribution in [0.1, 0.15) is 5.56 Å². The Balaban J connectivity index is 1.83. The fourth-order valence-corrected chi connectivity index (χ4v) is 1.75. The van der Waals surface area contributed by atoms with Crippen LogP contribution in [0.2, 0.25) is 0 Å². The van der Waals surface area contributed by atoms with Crippen molar-refractivity contribution in [2.75, 3.05) is 18.5 Å². The lowest BCUT2D eigenvalue weighted by atomic mass is 10.2. The molecule has 2 rings (SSSR count). The second-order valence-corrected chi connectivity index (χ2v) is 4.62. The van der Waals surface area contributed by atoms with Crippen LogP contribution in [0.3, 0.4) is 0 Å². The molecule has 2 aromatic rings. The van der Waals surface area contributed by atoms with Crippen molar-refractivity contribution in [3.05, 3.63) is 42.2 Å². The van der Waals surface area contributed by atoms with Gasteiger partial charge in [0.2, 0.25) is 0 Å². The zero-order valence-corrected chi connectivity index (χ0v) is 11.7. The third-order valence-electron chi connectivity index (χ3n) is 2.78. The molecule has 22 heavy (non-hydrogen) atoms. The van der Waals surface area contributed by atoms with E-state index in [4.69, 9.17) is 5.11 Å². The molecular weight excluding hydrogens is 299 g/mol. The van der Waals surface area contributed by atoms with Gasteiger partial charge < -0.3 is 15.2 Å². The fourth-order valence-electron chi connectivity index (χ4n) is 1.75. The SMILES string of the molecule is OCCn1cc(NCc2ccc(OCC(F)(F)F)cc2)cn1. The number of nitrogens with one attached hydrogen (secondary N) is 1. The number of halogens is 3. The number of nitrogens with zero attached hydrogens (tertiary/aromatic N) is 2. The summed E-state index contributed by atoms with van der Waals surface area (Å²) in [5.74, 6) is 0.178. The molecule has 8 heteroatoms. The molecule has 0 spiro atoms. The Morgan fingerprint density at radius 2 is 1.95 bits per heavy atom. The summed E-state index contributed by atoms with van der Waals surface area (Å²) in [6.07, 6.45) is -0.942. The number of ether oxygens (including phenoxy) is 1. The van der Waals surface area contributed by atoms with E-state index in [1.54, 1.807) is 29.2 Å². The van der Waals surface area contributed by atoms with Gasteiger partial charge in [-0.2, -0.15) is 18.3 Å². The van der Waals surface area contributed by atoms with E-state index in [2.05, 4.69) is 15.2 Å². The van der Waals surface area contributed by atoms with E-state index in [1.807, 2.05) is 0 Å². The number of hydrogen-bond acceptors (Lipinski definition) is 4. The summed E-state index contributed by atoms with van der Waals surface area (Å²) in [6, 6.07) is 6.38. The number of hydrogen-bond donors (Lipinski definition) is 2. The lowest BCUT2D eigenvalue weighted by molar-refractivity contribution is -0.153. The molecule has 0 aliphatic rings. The van der Waals surface area contributed by atoms with E-state index in [-0.39, 0.29) is 12.4 Å². The summed E-state index contributed by atoms with van der Waals surface area (Å²) in [4.78, 5) is 0. The number of aliphatic hydroxyl groups is 1. The Morgan fingerprint density at radius 1 is 1.23 bits per heavy atom. The molecule has 0 atom stereocenters. The van der Waals surface area contributed by atoms with Crippen LogP contribution in [0.15, 0.2) is 36.7 Å². The molecule has 0 bridgehead atoms. The van der Waals surface area contributed by atoms with Gasteiger partial charge in [-0.05, 0) is 17.7 Å². The van der Waals surface area contributed by atoms with Crippen molar-refractivity contribution in [2.24, 2.45) is 0 Å². The van der Waals surface area contributed by atoms with Crippen LogP contribution in [-0.2, 0) is 13.1 Å². The molecule has 0 radical (unpaired) electrons. The number of aliphatic hydroxyl groups excluding tert-OH is 1. The topological polar surface area (TPSA) is 59.3 Å². The number of benzene rings is 1. The van der Waals surface area contributed by atoms with Gasteiger partial charge >= 0.3 is 6.18 Å². The van der Waals surface area contributed by atoms with E-state index in [9.17, 15) is 13.2 Å². The van der Waals surface area contributed by atoms with Crippen molar-refractivity contribution in [1.29, 1.82) is 0 Å². The Labute approximate surface area is 125 Å². The zero-order chi connectivity index (χ0) is 16.0. The van der Waals surface area contributed by atoms with Crippen LogP contribution in [0.4, 0.5) is 18.9 Å². The van der Waals surface area contributed by atoms with Gasteiger partial charge in [0.1, 0.15) is 5.75 Å². The summed E-state index contributed by atoms with van der Waals surface area (Å²) in [5.41, 5.74) is 1.69. The highest BCUT2D eigenvalue weighted by Gasteiger charge is 2.28. The quantitative estimate of drug-likeness (QED) is 0.824. The van der Waals surface area contributed by atoms with Crippen molar-refractivity contribution < 1.29 is 23.0 Å².